The Kier molecular flexibility index (Phi) is 5.62. The number of nitrogens with zero attached hydrogens (tertiary/aromatic N) is 2. The van der Waals surface area contributed by atoms with Crippen LogP contribution < -0.4 is 10.4 Å². The van der Waals surface area contributed by atoms with Crippen molar-refractivity contribution in [1.82, 2.24) is 15.4 Å². The maximum Gasteiger partial charge on any atom is 0.352 e. The summed E-state index contributed by atoms with van der Waals surface area (Å²) in [6, 6.07) is 8.33. The van der Waals surface area contributed by atoms with Crippen LogP contribution >= 0.6 is 35.6 Å². The third-order valence-corrected chi connectivity index (χ3v) is 4.69. The predicted molar refractivity (Wildman–Crippen MR) is 110 cm³/mol. The van der Waals surface area contributed by atoms with Crippen molar-refractivity contribution in [2.24, 2.45) is 0 Å². The standard InChI is InChI=1S/C18H12Cl2N4O3.ClH/c19-10-6-12(20)15-11(16(18(26)27)23-13(15)7-10)5-9-8-22-24(17(9)25)14-3-1-2-4-21-14;/h1-7,22-23H,8H2,(H,26,27);1H. The highest BCUT2D eigenvalue weighted by Gasteiger charge is 2.29. The van der Waals surface area contributed by atoms with Crippen molar-refractivity contribution in [3.8, 4) is 0 Å². The fourth-order valence-corrected chi connectivity index (χ4v) is 3.59. The van der Waals surface area contributed by atoms with Crippen molar-refractivity contribution in [1.29, 1.82) is 0 Å². The van der Waals surface area contributed by atoms with Crippen LogP contribution in [0.15, 0.2) is 42.1 Å². The first kappa shape index (κ1) is 20.2. The number of aromatic carboxylic acids is 1. The highest BCUT2D eigenvalue weighted by atomic mass is 35.5. The predicted octanol–water partition coefficient (Wildman–Crippen LogP) is 3.92. The quantitative estimate of drug-likeness (QED) is 0.537. The van der Waals surface area contributed by atoms with Gasteiger partial charge in [-0.3, -0.25) is 4.79 Å². The molecule has 1 amide bonds. The summed E-state index contributed by atoms with van der Waals surface area (Å²) in [5.74, 6) is -1.03. The molecular formula is C18H13Cl3N4O3. The van der Waals surface area contributed by atoms with Crippen LogP contribution in [-0.2, 0) is 4.79 Å². The Hall–Kier alpha value is -2.58. The van der Waals surface area contributed by atoms with E-state index in [9.17, 15) is 14.7 Å². The molecule has 144 valence electrons. The molecule has 10 heteroatoms. The molecule has 1 saturated heterocycles. The number of anilines is 1. The maximum atomic E-state index is 12.7. The summed E-state index contributed by atoms with van der Waals surface area (Å²) in [4.78, 5) is 31.4. The number of hydrogen-bond donors (Lipinski definition) is 3. The number of carboxylic acid groups (broad SMARTS) is 1. The van der Waals surface area contributed by atoms with Gasteiger partial charge in [0.25, 0.3) is 5.91 Å². The minimum atomic E-state index is -1.16. The van der Waals surface area contributed by atoms with Gasteiger partial charge in [-0.1, -0.05) is 29.3 Å². The second kappa shape index (κ2) is 7.81. The summed E-state index contributed by atoms with van der Waals surface area (Å²) < 4.78 is 0. The molecule has 1 aliphatic heterocycles. The number of aromatic nitrogens is 2. The average Bonchev–Trinajstić information content (AvgIpc) is 3.17. The third kappa shape index (κ3) is 3.45. The second-order valence-corrected chi connectivity index (χ2v) is 6.71. The van der Waals surface area contributed by atoms with Gasteiger partial charge in [0.2, 0.25) is 0 Å². The molecule has 0 bridgehead atoms. The van der Waals surface area contributed by atoms with E-state index in [1.54, 1.807) is 30.5 Å². The lowest BCUT2D eigenvalue weighted by atomic mass is 10.1. The zero-order valence-corrected chi connectivity index (χ0v) is 16.4. The molecule has 2 aromatic heterocycles. The van der Waals surface area contributed by atoms with Gasteiger partial charge >= 0.3 is 5.97 Å². The minimum absolute atomic E-state index is 0. The Bertz CT molecular complexity index is 1110. The van der Waals surface area contributed by atoms with Gasteiger partial charge < -0.3 is 10.1 Å². The van der Waals surface area contributed by atoms with Crippen molar-refractivity contribution in [2.75, 3.05) is 11.6 Å². The molecule has 0 saturated carbocycles. The SMILES string of the molecule is Cl.O=C(O)c1[nH]c2cc(Cl)cc(Cl)c2c1C=C1CNN(c2ccccn2)C1=O. The monoisotopic (exact) mass is 438 g/mol. The number of fused-ring (bicyclic) bond motifs is 1. The van der Waals surface area contributed by atoms with Gasteiger partial charge in [-0.2, -0.15) is 0 Å². The number of hydrogen-bond acceptors (Lipinski definition) is 4. The molecule has 0 unspecified atom stereocenters. The number of carbonyl (C=O) groups excluding carboxylic acids is 1. The summed E-state index contributed by atoms with van der Waals surface area (Å²) >= 11 is 12.3. The van der Waals surface area contributed by atoms with Gasteiger partial charge in [0.15, 0.2) is 0 Å². The Balaban J connectivity index is 0.00000225. The summed E-state index contributed by atoms with van der Waals surface area (Å²) in [5, 5.41) is 12.0. The Labute approximate surface area is 175 Å². The smallest absolute Gasteiger partial charge is 0.352 e. The fourth-order valence-electron chi connectivity index (χ4n) is 3.00. The minimum Gasteiger partial charge on any atom is -0.477 e. The molecule has 1 aliphatic rings. The van der Waals surface area contributed by atoms with E-state index >= 15 is 0 Å². The number of carboxylic acids is 1. The van der Waals surface area contributed by atoms with E-state index in [-0.39, 0.29) is 30.6 Å². The number of nitrogens with one attached hydrogen (secondary N) is 2. The van der Waals surface area contributed by atoms with E-state index in [0.29, 0.717) is 37.9 Å². The molecule has 3 heterocycles. The molecule has 28 heavy (non-hydrogen) atoms. The highest BCUT2D eigenvalue weighted by Crippen LogP contribution is 2.34. The van der Waals surface area contributed by atoms with E-state index < -0.39 is 5.97 Å². The van der Waals surface area contributed by atoms with Gasteiger partial charge in [-0.15, -0.1) is 12.4 Å². The summed E-state index contributed by atoms with van der Waals surface area (Å²) in [7, 11) is 0. The first-order valence-corrected chi connectivity index (χ1v) is 8.65. The van der Waals surface area contributed by atoms with E-state index in [1.807, 2.05) is 0 Å². The largest absolute Gasteiger partial charge is 0.477 e. The molecule has 3 aromatic rings. The lowest BCUT2D eigenvalue weighted by Gasteiger charge is -2.13. The number of pyridine rings is 1. The van der Waals surface area contributed by atoms with Crippen molar-refractivity contribution < 1.29 is 14.7 Å². The van der Waals surface area contributed by atoms with Crippen molar-refractivity contribution in [2.45, 2.75) is 0 Å². The van der Waals surface area contributed by atoms with Gasteiger partial charge in [-0.05, 0) is 30.3 Å². The van der Waals surface area contributed by atoms with Gasteiger partial charge in [0, 0.05) is 39.8 Å². The van der Waals surface area contributed by atoms with Crippen molar-refractivity contribution in [3.05, 3.63) is 63.4 Å². The number of hydrazine groups is 1. The van der Waals surface area contributed by atoms with Crippen LogP contribution in [0.3, 0.4) is 0 Å². The van der Waals surface area contributed by atoms with Crippen molar-refractivity contribution in [3.63, 3.8) is 0 Å². The van der Waals surface area contributed by atoms with Crippen LogP contribution in [-0.4, -0.2) is 33.5 Å². The van der Waals surface area contributed by atoms with E-state index in [2.05, 4.69) is 15.4 Å². The Morgan fingerprint density at radius 3 is 2.75 bits per heavy atom. The number of halogens is 3. The normalized spacial score (nSPS) is 15.3. The summed E-state index contributed by atoms with van der Waals surface area (Å²) in [5.41, 5.74) is 4.08. The fraction of sp³-hybridized carbons (Fsp3) is 0.0556. The van der Waals surface area contributed by atoms with Crippen LogP contribution in [0.4, 0.5) is 5.82 Å². The van der Waals surface area contributed by atoms with E-state index in [4.69, 9.17) is 23.2 Å². The summed E-state index contributed by atoms with van der Waals surface area (Å²) in [6.45, 7) is 0.229. The van der Waals surface area contributed by atoms with Crippen LogP contribution in [0.2, 0.25) is 10.0 Å². The topological polar surface area (TPSA) is 98.3 Å². The molecule has 0 spiro atoms. The molecule has 1 aromatic carbocycles. The number of amides is 1. The first-order valence-electron chi connectivity index (χ1n) is 7.89. The molecule has 0 atom stereocenters. The molecule has 3 N–H and O–H groups in total. The van der Waals surface area contributed by atoms with E-state index in [0.717, 1.165) is 0 Å². The van der Waals surface area contributed by atoms with Crippen LogP contribution in [0, 0.1) is 0 Å². The Morgan fingerprint density at radius 1 is 1.29 bits per heavy atom. The lowest BCUT2D eigenvalue weighted by molar-refractivity contribution is -0.114. The second-order valence-electron chi connectivity index (χ2n) is 5.86. The molecule has 0 aliphatic carbocycles. The van der Waals surface area contributed by atoms with E-state index in [1.165, 1.54) is 17.2 Å². The van der Waals surface area contributed by atoms with Crippen LogP contribution in [0.5, 0.6) is 0 Å². The third-order valence-electron chi connectivity index (χ3n) is 4.17. The molecule has 0 radical (unpaired) electrons. The number of carbonyl (C=O) groups is 2. The lowest BCUT2D eigenvalue weighted by Crippen LogP contribution is -2.34. The number of aromatic amines is 1. The van der Waals surface area contributed by atoms with Crippen molar-refractivity contribution >= 4 is 70.3 Å². The molecule has 1 fully saturated rings. The van der Waals surface area contributed by atoms with Gasteiger partial charge in [-0.25, -0.2) is 20.2 Å². The highest BCUT2D eigenvalue weighted by molar-refractivity contribution is 6.39. The van der Waals surface area contributed by atoms with Crippen LogP contribution in [0.25, 0.3) is 17.0 Å². The average molecular weight is 440 g/mol. The maximum absolute atomic E-state index is 12.7. The van der Waals surface area contributed by atoms with Gasteiger partial charge in [0.1, 0.15) is 11.5 Å². The number of benzene rings is 1. The molecule has 7 nitrogen and oxygen atoms in total. The first-order chi connectivity index (χ1) is 13.0. The van der Waals surface area contributed by atoms with Crippen LogP contribution in [0.1, 0.15) is 16.1 Å². The zero-order valence-electron chi connectivity index (χ0n) is 14.1. The number of rotatable bonds is 3. The summed E-state index contributed by atoms with van der Waals surface area (Å²) in [6.07, 6.45) is 3.11. The number of H-pyrrole nitrogens is 1. The molecular weight excluding hydrogens is 427 g/mol. The molecule has 4 rings (SSSR count). The Morgan fingerprint density at radius 2 is 2.07 bits per heavy atom. The van der Waals surface area contributed by atoms with Gasteiger partial charge in [0.05, 0.1) is 5.02 Å². The zero-order chi connectivity index (χ0) is 19.1.